The van der Waals surface area contributed by atoms with E-state index in [1.54, 1.807) is 47.1 Å². The molecule has 8 nitrogen and oxygen atoms in total. The topological polar surface area (TPSA) is 116 Å². The van der Waals surface area contributed by atoms with Crippen LogP contribution in [0.3, 0.4) is 0 Å². The van der Waals surface area contributed by atoms with Crippen LogP contribution in [0.5, 0.6) is 0 Å². The third kappa shape index (κ3) is 6.99. The molecule has 0 bridgehead atoms. The maximum absolute atomic E-state index is 12.4. The highest BCUT2D eigenvalue weighted by molar-refractivity contribution is 5.83. The number of ether oxygens (including phenoxy) is 1. The quantitative estimate of drug-likeness (QED) is 0.590. The number of aromatic nitrogens is 2. The van der Waals surface area contributed by atoms with Gasteiger partial charge in [-0.1, -0.05) is 0 Å². The van der Waals surface area contributed by atoms with Gasteiger partial charge in [-0.05, 0) is 34.6 Å². The van der Waals surface area contributed by atoms with Gasteiger partial charge in [0.25, 0.3) is 0 Å². The summed E-state index contributed by atoms with van der Waals surface area (Å²) in [7, 11) is 0. The summed E-state index contributed by atoms with van der Waals surface area (Å²) in [5.41, 5.74) is -0.625. The van der Waals surface area contributed by atoms with Crippen molar-refractivity contribution in [1.29, 1.82) is 0 Å². The van der Waals surface area contributed by atoms with Gasteiger partial charge in [0.1, 0.15) is 5.60 Å². The smallest absolute Gasteiger partial charge is 0.407 e. The van der Waals surface area contributed by atoms with Crippen LogP contribution in [0, 0.1) is 5.41 Å². The Labute approximate surface area is 142 Å². The Morgan fingerprint density at radius 1 is 1.33 bits per heavy atom. The summed E-state index contributed by atoms with van der Waals surface area (Å²) in [5, 5.41) is 14.8. The van der Waals surface area contributed by atoms with Crippen LogP contribution < -0.4 is 10.6 Å². The zero-order chi connectivity index (χ0) is 18.4. The van der Waals surface area contributed by atoms with E-state index < -0.39 is 23.2 Å². The summed E-state index contributed by atoms with van der Waals surface area (Å²) in [6.45, 7) is 8.66. The van der Waals surface area contributed by atoms with Gasteiger partial charge in [-0.3, -0.25) is 4.79 Å². The number of hydrogen-bond acceptors (Lipinski definition) is 5. The van der Waals surface area contributed by atoms with Crippen molar-refractivity contribution >= 4 is 12.0 Å². The summed E-state index contributed by atoms with van der Waals surface area (Å²) in [5.74, 6) is -0.267. The molecule has 4 N–H and O–H groups in total. The third-order valence-corrected chi connectivity index (χ3v) is 3.27. The first-order valence-corrected chi connectivity index (χ1v) is 7.89. The normalized spacial score (nSPS) is 13.2. The largest absolute Gasteiger partial charge is 0.444 e. The summed E-state index contributed by atoms with van der Waals surface area (Å²) in [4.78, 5) is 31.0. The predicted molar refractivity (Wildman–Crippen MR) is 89.3 cm³/mol. The maximum atomic E-state index is 12.4. The number of carbonyl (C=O) groups is 2. The van der Waals surface area contributed by atoms with Crippen molar-refractivity contribution in [2.24, 2.45) is 5.41 Å². The second-order valence-corrected chi connectivity index (χ2v) is 7.37. The molecule has 1 aromatic rings. The molecule has 0 saturated heterocycles. The van der Waals surface area contributed by atoms with Crippen LogP contribution in [-0.4, -0.2) is 51.9 Å². The van der Waals surface area contributed by atoms with Crippen molar-refractivity contribution in [2.45, 2.75) is 52.7 Å². The zero-order valence-electron chi connectivity index (χ0n) is 15.0. The molecule has 0 fully saturated rings. The predicted octanol–water partition coefficient (Wildman–Crippen LogP) is 0.980. The fraction of sp³-hybridized carbons (Fsp3) is 0.688. The number of nitrogens with zero attached hydrogens (tertiary/aromatic N) is 1. The SMILES string of the molecule is CC(C)(C)OC(=O)NCC(C)(C)C(=O)N[C@H](CO)Cc1cnc[nH]1. The minimum absolute atomic E-state index is 0.121. The van der Waals surface area contributed by atoms with Gasteiger partial charge in [-0.25, -0.2) is 9.78 Å². The summed E-state index contributed by atoms with van der Waals surface area (Å²) in [6, 6.07) is -0.432. The van der Waals surface area contributed by atoms with Gasteiger partial charge in [-0.2, -0.15) is 0 Å². The van der Waals surface area contributed by atoms with Gasteiger partial charge in [0.15, 0.2) is 0 Å². The lowest BCUT2D eigenvalue weighted by atomic mass is 9.91. The molecule has 1 heterocycles. The second kappa shape index (κ2) is 8.14. The minimum atomic E-state index is -0.849. The molecular formula is C16H28N4O4. The van der Waals surface area contributed by atoms with E-state index in [2.05, 4.69) is 20.6 Å². The fourth-order valence-electron chi connectivity index (χ4n) is 1.89. The summed E-state index contributed by atoms with van der Waals surface area (Å²) < 4.78 is 5.15. The second-order valence-electron chi connectivity index (χ2n) is 7.37. The van der Waals surface area contributed by atoms with E-state index in [4.69, 9.17) is 4.74 Å². The average Bonchev–Trinajstić information content (AvgIpc) is 2.95. The van der Waals surface area contributed by atoms with Gasteiger partial charge < -0.3 is 25.5 Å². The molecule has 0 unspecified atom stereocenters. The number of H-pyrrole nitrogens is 1. The number of carbonyl (C=O) groups excluding carboxylic acids is 2. The van der Waals surface area contributed by atoms with Gasteiger partial charge >= 0.3 is 6.09 Å². The van der Waals surface area contributed by atoms with Gasteiger partial charge in [0, 0.05) is 24.9 Å². The highest BCUT2D eigenvalue weighted by Crippen LogP contribution is 2.15. The molecule has 0 radical (unpaired) electrons. The first-order valence-electron chi connectivity index (χ1n) is 7.89. The molecule has 0 saturated carbocycles. The first kappa shape index (κ1) is 20.0. The van der Waals surface area contributed by atoms with Crippen LogP contribution >= 0.6 is 0 Å². The van der Waals surface area contributed by atoms with Crippen LogP contribution in [0.2, 0.25) is 0 Å². The van der Waals surface area contributed by atoms with E-state index in [0.717, 1.165) is 5.69 Å². The van der Waals surface area contributed by atoms with E-state index in [-0.39, 0.29) is 19.1 Å². The lowest BCUT2D eigenvalue weighted by Crippen LogP contribution is -2.50. The molecule has 1 aromatic heterocycles. The Balaban J connectivity index is 2.52. The van der Waals surface area contributed by atoms with Crippen molar-refractivity contribution in [1.82, 2.24) is 20.6 Å². The maximum Gasteiger partial charge on any atom is 0.407 e. The van der Waals surface area contributed by atoms with Crippen molar-refractivity contribution in [3.05, 3.63) is 18.2 Å². The van der Waals surface area contributed by atoms with Crippen LogP contribution in [0.4, 0.5) is 4.79 Å². The van der Waals surface area contributed by atoms with Crippen molar-refractivity contribution in [3.8, 4) is 0 Å². The average molecular weight is 340 g/mol. The minimum Gasteiger partial charge on any atom is -0.444 e. The molecule has 0 aliphatic carbocycles. The molecular weight excluding hydrogens is 312 g/mol. The van der Waals surface area contributed by atoms with E-state index in [0.29, 0.717) is 6.42 Å². The molecule has 0 spiro atoms. The Kier molecular flexibility index (Phi) is 6.77. The Hall–Kier alpha value is -2.09. The van der Waals surface area contributed by atoms with E-state index in [1.807, 2.05) is 0 Å². The molecule has 1 atom stereocenters. The molecule has 24 heavy (non-hydrogen) atoms. The van der Waals surface area contributed by atoms with E-state index in [1.165, 1.54) is 0 Å². The number of aliphatic hydroxyl groups is 1. The fourth-order valence-corrected chi connectivity index (χ4v) is 1.89. The lowest BCUT2D eigenvalue weighted by Gasteiger charge is -2.27. The van der Waals surface area contributed by atoms with Crippen molar-refractivity contribution in [2.75, 3.05) is 13.2 Å². The molecule has 0 aliphatic heterocycles. The Morgan fingerprint density at radius 2 is 2.00 bits per heavy atom. The molecule has 0 aliphatic rings. The van der Waals surface area contributed by atoms with Crippen molar-refractivity contribution in [3.63, 3.8) is 0 Å². The highest BCUT2D eigenvalue weighted by atomic mass is 16.6. The van der Waals surface area contributed by atoms with Crippen LogP contribution in [0.25, 0.3) is 0 Å². The Morgan fingerprint density at radius 3 is 2.50 bits per heavy atom. The zero-order valence-corrected chi connectivity index (χ0v) is 15.0. The summed E-state index contributed by atoms with van der Waals surface area (Å²) >= 11 is 0. The van der Waals surface area contributed by atoms with E-state index in [9.17, 15) is 14.7 Å². The Bertz CT molecular complexity index is 535. The molecule has 2 amide bonds. The number of amides is 2. The van der Waals surface area contributed by atoms with Gasteiger partial charge in [0.2, 0.25) is 5.91 Å². The van der Waals surface area contributed by atoms with E-state index >= 15 is 0 Å². The molecule has 0 aromatic carbocycles. The van der Waals surface area contributed by atoms with Crippen LogP contribution in [-0.2, 0) is 16.0 Å². The van der Waals surface area contributed by atoms with Crippen molar-refractivity contribution < 1.29 is 19.4 Å². The van der Waals surface area contributed by atoms with Gasteiger partial charge in [-0.15, -0.1) is 0 Å². The number of aliphatic hydroxyl groups excluding tert-OH is 1. The monoisotopic (exact) mass is 340 g/mol. The third-order valence-electron chi connectivity index (χ3n) is 3.27. The molecule has 1 rings (SSSR count). The number of hydrogen-bond donors (Lipinski definition) is 4. The number of imidazole rings is 1. The lowest BCUT2D eigenvalue weighted by molar-refractivity contribution is -0.130. The molecule has 8 heteroatoms. The number of rotatable bonds is 7. The molecule has 136 valence electrons. The summed E-state index contributed by atoms with van der Waals surface area (Å²) in [6.07, 6.45) is 3.06. The number of aromatic amines is 1. The van der Waals surface area contributed by atoms with Crippen LogP contribution in [0.15, 0.2) is 12.5 Å². The standard InChI is InChI=1S/C16H28N4O4/c1-15(2,3)24-14(23)18-9-16(4,5)13(22)20-12(8-21)6-11-7-17-10-19-11/h7,10,12,21H,6,8-9H2,1-5H3,(H,17,19)(H,18,23)(H,20,22)/t12-/m0/s1. The first-order chi connectivity index (χ1) is 11.0. The van der Waals surface area contributed by atoms with Gasteiger partial charge in [0.05, 0.1) is 24.4 Å². The van der Waals surface area contributed by atoms with Crippen LogP contribution in [0.1, 0.15) is 40.3 Å². The highest BCUT2D eigenvalue weighted by Gasteiger charge is 2.30. The number of nitrogens with one attached hydrogen (secondary N) is 3. The number of alkyl carbamates (subject to hydrolysis) is 1.